The van der Waals surface area contributed by atoms with Gasteiger partial charge in [-0.25, -0.2) is 9.48 Å². The maximum absolute atomic E-state index is 12.1. The molecule has 1 aliphatic rings. The summed E-state index contributed by atoms with van der Waals surface area (Å²) in [6.07, 6.45) is 7.59. The Bertz CT molecular complexity index is 757. The first-order valence-electron chi connectivity index (χ1n) is 8.61. The number of nitrogens with one attached hydrogen (secondary N) is 1. The van der Waals surface area contributed by atoms with E-state index in [-0.39, 0.29) is 31.1 Å². The third-order valence-electron chi connectivity index (χ3n) is 4.69. The molecule has 130 valence electrons. The van der Waals surface area contributed by atoms with Crippen molar-refractivity contribution in [2.24, 2.45) is 0 Å². The van der Waals surface area contributed by atoms with E-state index in [0.717, 1.165) is 38.5 Å². The van der Waals surface area contributed by atoms with E-state index < -0.39 is 5.60 Å². The zero-order chi connectivity index (χ0) is 17.0. The van der Waals surface area contributed by atoms with Crippen LogP contribution in [-0.4, -0.2) is 37.3 Å². The van der Waals surface area contributed by atoms with Crippen LogP contribution in [0.3, 0.4) is 0 Å². The lowest BCUT2D eigenvalue weighted by Crippen LogP contribution is -2.42. The first-order chi connectivity index (χ1) is 11.6. The van der Waals surface area contributed by atoms with E-state index in [0.29, 0.717) is 5.65 Å². The molecule has 0 spiro atoms. The monoisotopic (exact) mass is 332 g/mol. The fourth-order valence-electron chi connectivity index (χ4n) is 3.24. The lowest BCUT2D eigenvalue weighted by atomic mass is 9.94. The summed E-state index contributed by atoms with van der Waals surface area (Å²) in [7, 11) is 0. The second-order valence-corrected chi connectivity index (χ2v) is 6.60. The number of aryl methyl sites for hydroxylation is 1. The first kappa shape index (κ1) is 16.7. The molecule has 1 aliphatic carbocycles. The Kier molecular flexibility index (Phi) is 4.99. The fourth-order valence-corrected chi connectivity index (χ4v) is 3.24. The molecule has 0 unspecified atom stereocenters. The van der Waals surface area contributed by atoms with Crippen molar-refractivity contribution in [2.45, 2.75) is 57.1 Å². The SMILES string of the molecule is O=C(CCn1nc2ccccn2c1=O)NCC1(O)CCCCCC1. The van der Waals surface area contributed by atoms with Crippen molar-refractivity contribution in [1.82, 2.24) is 19.5 Å². The molecule has 3 rings (SSSR count). The van der Waals surface area contributed by atoms with Gasteiger partial charge in [0.1, 0.15) is 0 Å². The summed E-state index contributed by atoms with van der Waals surface area (Å²) < 4.78 is 2.75. The number of rotatable bonds is 5. The van der Waals surface area contributed by atoms with Crippen LogP contribution >= 0.6 is 0 Å². The maximum Gasteiger partial charge on any atom is 0.350 e. The summed E-state index contributed by atoms with van der Waals surface area (Å²) in [5.41, 5.74) is -0.469. The molecule has 0 radical (unpaired) electrons. The molecule has 24 heavy (non-hydrogen) atoms. The van der Waals surface area contributed by atoms with E-state index in [1.165, 1.54) is 9.08 Å². The van der Waals surface area contributed by atoms with Gasteiger partial charge in [0.05, 0.1) is 12.1 Å². The third-order valence-corrected chi connectivity index (χ3v) is 4.69. The van der Waals surface area contributed by atoms with Gasteiger partial charge in [0.2, 0.25) is 5.91 Å². The smallest absolute Gasteiger partial charge is 0.350 e. The molecule has 2 aromatic heterocycles. The van der Waals surface area contributed by atoms with E-state index in [1.54, 1.807) is 18.3 Å². The number of hydrogen-bond acceptors (Lipinski definition) is 4. The van der Waals surface area contributed by atoms with Crippen molar-refractivity contribution in [3.63, 3.8) is 0 Å². The average molecular weight is 332 g/mol. The van der Waals surface area contributed by atoms with Gasteiger partial charge in [0.15, 0.2) is 5.65 Å². The second-order valence-electron chi connectivity index (χ2n) is 6.60. The standard InChI is InChI=1S/C17H24N4O3/c22-15(18-13-17(24)9-4-1-2-5-10-17)8-12-21-16(23)20-11-6-3-7-14(20)19-21/h3,6-7,11,24H,1-2,4-5,8-10,12-13H2,(H,18,22). The molecule has 0 saturated heterocycles. The minimum atomic E-state index is -0.786. The molecule has 7 nitrogen and oxygen atoms in total. The van der Waals surface area contributed by atoms with Crippen LogP contribution in [0.5, 0.6) is 0 Å². The highest BCUT2D eigenvalue weighted by Crippen LogP contribution is 2.26. The fraction of sp³-hybridized carbons (Fsp3) is 0.588. The van der Waals surface area contributed by atoms with E-state index in [9.17, 15) is 14.7 Å². The van der Waals surface area contributed by atoms with Crippen molar-refractivity contribution in [3.8, 4) is 0 Å². The van der Waals surface area contributed by atoms with Gasteiger partial charge >= 0.3 is 5.69 Å². The van der Waals surface area contributed by atoms with Crippen LogP contribution in [-0.2, 0) is 11.3 Å². The average Bonchev–Trinajstić information content (AvgIpc) is 2.75. The Labute approximate surface area is 140 Å². The second kappa shape index (κ2) is 7.17. The number of aliphatic hydroxyl groups is 1. The van der Waals surface area contributed by atoms with Crippen LogP contribution < -0.4 is 11.0 Å². The van der Waals surface area contributed by atoms with Crippen molar-refractivity contribution < 1.29 is 9.90 Å². The van der Waals surface area contributed by atoms with Gasteiger partial charge in [-0.15, -0.1) is 5.10 Å². The highest BCUT2D eigenvalue weighted by molar-refractivity contribution is 5.75. The topological polar surface area (TPSA) is 88.6 Å². The van der Waals surface area contributed by atoms with Gasteiger partial charge < -0.3 is 10.4 Å². The highest BCUT2D eigenvalue weighted by Gasteiger charge is 2.28. The predicted octanol–water partition coefficient (Wildman–Crippen LogP) is 1.09. The van der Waals surface area contributed by atoms with E-state index in [1.807, 2.05) is 6.07 Å². The summed E-state index contributed by atoms with van der Waals surface area (Å²) in [4.78, 5) is 24.2. The number of pyridine rings is 1. The van der Waals surface area contributed by atoms with Crippen molar-refractivity contribution in [1.29, 1.82) is 0 Å². The third kappa shape index (κ3) is 3.84. The van der Waals surface area contributed by atoms with Gasteiger partial charge in [0, 0.05) is 19.2 Å². The Morgan fingerprint density at radius 2 is 2.00 bits per heavy atom. The van der Waals surface area contributed by atoms with Crippen LogP contribution in [0.4, 0.5) is 0 Å². The molecule has 1 amide bonds. The number of aromatic nitrogens is 3. The van der Waals surface area contributed by atoms with Gasteiger partial charge in [-0.3, -0.25) is 9.20 Å². The number of carbonyl (C=O) groups excluding carboxylic acids is 1. The van der Waals surface area contributed by atoms with Gasteiger partial charge in [-0.1, -0.05) is 31.7 Å². The van der Waals surface area contributed by atoms with Gasteiger partial charge in [-0.05, 0) is 25.0 Å². The number of nitrogens with zero attached hydrogens (tertiary/aromatic N) is 3. The zero-order valence-corrected chi connectivity index (χ0v) is 13.8. The summed E-state index contributed by atoms with van der Waals surface area (Å²) in [6.45, 7) is 0.511. The Morgan fingerprint density at radius 1 is 1.25 bits per heavy atom. The van der Waals surface area contributed by atoms with Crippen LogP contribution in [0.15, 0.2) is 29.2 Å². The van der Waals surface area contributed by atoms with Crippen LogP contribution in [0, 0.1) is 0 Å². The van der Waals surface area contributed by atoms with Gasteiger partial charge in [0.25, 0.3) is 0 Å². The van der Waals surface area contributed by atoms with E-state index in [4.69, 9.17) is 0 Å². The summed E-state index contributed by atoms with van der Waals surface area (Å²) in [5, 5.41) is 17.5. The van der Waals surface area contributed by atoms with Gasteiger partial charge in [-0.2, -0.15) is 0 Å². The van der Waals surface area contributed by atoms with Crippen LogP contribution in [0.25, 0.3) is 5.65 Å². The predicted molar refractivity (Wildman–Crippen MR) is 89.7 cm³/mol. The molecule has 0 atom stereocenters. The number of carbonyl (C=O) groups is 1. The molecule has 0 bridgehead atoms. The number of amides is 1. The van der Waals surface area contributed by atoms with Crippen molar-refractivity contribution >= 4 is 11.6 Å². The quantitative estimate of drug-likeness (QED) is 0.802. The number of hydrogen-bond donors (Lipinski definition) is 2. The Hall–Kier alpha value is -2.15. The van der Waals surface area contributed by atoms with E-state index in [2.05, 4.69) is 10.4 Å². The Morgan fingerprint density at radius 3 is 2.71 bits per heavy atom. The normalized spacial score (nSPS) is 17.5. The number of fused-ring (bicyclic) bond motifs is 1. The lowest BCUT2D eigenvalue weighted by molar-refractivity contribution is -0.122. The van der Waals surface area contributed by atoms with Crippen LogP contribution in [0.1, 0.15) is 44.9 Å². The highest BCUT2D eigenvalue weighted by atomic mass is 16.3. The molecule has 1 saturated carbocycles. The lowest BCUT2D eigenvalue weighted by Gasteiger charge is -2.26. The summed E-state index contributed by atoms with van der Waals surface area (Å²) >= 11 is 0. The molecular formula is C17H24N4O3. The van der Waals surface area contributed by atoms with E-state index >= 15 is 0 Å². The summed E-state index contributed by atoms with van der Waals surface area (Å²) in [5.74, 6) is -0.170. The minimum Gasteiger partial charge on any atom is -0.388 e. The molecule has 0 aliphatic heterocycles. The maximum atomic E-state index is 12.1. The minimum absolute atomic E-state index is 0.167. The zero-order valence-electron chi connectivity index (χ0n) is 13.8. The molecular weight excluding hydrogens is 308 g/mol. The molecule has 0 aromatic carbocycles. The molecule has 2 heterocycles. The van der Waals surface area contributed by atoms with Crippen LogP contribution in [0.2, 0.25) is 0 Å². The molecule has 2 N–H and O–H groups in total. The van der Waals surface area contributed by atoms with Crippen molar-refractivity contribution in [3.05, 3.63) is 34.9 Å². The first-order valence-corrected chi connectivity index (χ1v) is 8.61. The summed E-state index contributed by atoms with van der Waals surface area (Å²) in [6, 6.07) is 5.33. The molecule has 2 aromatic rings. The molecule has 7 heteroatoms. The molecule has 1 fully saturated rings. The van der Waals surface area contributed by atoms with Crippen molar-refractivity contribution in [2.75, 3.05) is 6.54 Å². The Balaban J connectivity index is 1.53. The largest absolute Gasteiger partial charge is 0.388 e.